The largest absolute Gasteiger partial charge is 0.492 e. The van der Waals surface area contributed by atoms with Crippen molar-refractivity contribution < 1.29 is 14.5 Å². The Hall–Kier alpha value is -3.05. The van der Waals surface area contributed by atoms with Gasteiger partial charge in [-0.2, -0.15) is 0 Å². The predicted molar refractivity (Wildman–Crippen MR) is 132 cm³/mol. The molecule has 0 fully saturated rings. The number of halogens is 1. The number of allylic oxidation sites excluding steroid dienone is 3. The van der Waals surface area contributed by atoms with E-state index < -0.39 is 16.5 Å². The first kappa shape index (κ1) is 27.2. The summed E-state index contributed by atoms with van der Waals surface area (Å²) >= 11 is 7.46. The number of nitro groups is 1. The molecule has 0 aliphatic heterocycles. The lowest BCUT2D eigenvalue weighted by Gasteiger charge is -2.17. The van der Waals surface area contributed by atoms with Crippen molar-refractivity contribution in [2.45, 2.75) is 58.0 Å². The molecular weight excluding hydrogens is 482 g/mol. The second-order valence-corrected chi connectivity index (χ2v) is 9.26. The molecule has 10 nitrogen and oxygen atoms in total. The number of primary amides is 1. The summed E-state index contributed by atoms with van der Waals surface area (Å²) in [6.07, 6.45) is 4.43. The molecular formula is C22H28ClN5O5S. The number of H-pyrrole nitrogens is 1. The quantitative estimate of drug-likeness (QED) is 0.140. The Labute approximate surface area is 206 Å². The molecule has 3 N–H and O–H groups in total. The van der Waals surface area contributed by atoms with Gasteiger partial charge in [-0.05, 0) is 55.1 Å². The van der Waals surface area contributed by atoms with Crippen molar-refractivity contribution >= 4 is 29.3 Å². The van der Waals surface area contributed by atoms with E-state index in [1.54, 1.807) is 25.1 Å². The van der Waals surface area contributed by atoms with Gasteiger partial charge in [0.15, 0.2) is 0 Å². The van der Waals surface area contributed by atoms with Gasteiger partial charge >= 0.3 is 5.69 Å². The number of carbonyl (C=O) groups excluding carboxylic acids is 1. The number of thioether (sulfide) groups is 1. The molecule has 0 aliphatic carbocycles. The Morgan fingerprint density at radius 2 is 2.15 bits per heavy atom. The number of aromatic nitrogens is 3. The minimum atomic E-state index is -0.504. The summed E-state index contributed by atoms with van der Waals surface area (Å²) in [5.41, 5.74) is 5.83. The lowest BCUT2D eigenvalue weighted by atomic mass is 10.0. The summed E-state index contributed by atoms with van der Waals surface area (Å²) in [5, 5.41) is 18.5. The number of benzene rings is 1. The predicted octanol–water partition coefficient (Wildman–Crippen LogP) is 4.55. The van der Waals surface area contributed by atoms with Crippen LogP contribution in [-0.4, -0.2) is 32.2 Å². The maximum Gasteiger partial charge on any atom is 0.348 e. The van der Waals surface area contributed by atoms with Gasteiger partial charge < -0.3 is 10.5 Å². The first-order valence-electron chi connectivity index (χ1n) is 10.7. The highest BCUT2D eigenvalue weighted by molar-refractivity contribution is 8.02. The molecule has 2 aromatic rings. The summed E-state index contributed by atoms with van der Waals surface area (Å²) in [7, 11) is 0. The summed E-state index contributed by atoms with van der Waals surface area (Å²) < 4.78 is 7.07. The Morgan fingerprint density at radius 1 is 1.44 bits per heavy atom. The molecule has 1 aromatic carbocycles. The third-order valence-electron chi connectivity index (χ3n) is 4.72. The number of nitrogens with one attached hydrogen (secondary N) is 1. The number of ether oxygens (including phenoxy) is 1. The number of nitrogens with two attached hydrogens (primary N) is 1. The van der Waals surface area contributed by atoms with Crippen LogP contribution in [0.15, 0.2) is 44.8 Å². The molecule has 0 atom stereocenters. The van der Waals surface area contributed by atoms with Gasteiger partial charge in [-0.3, -0.25) is 14.9 Å². The monoisotopic (exact) mass is 509 g/mol. The Balaban J connectivity index is 2.50. The van der Waals surface area contributed by atoms with E-state index in [0.29, 0.717) is 29.2 Å². The van der Waals surface area contributed by atoms with E-state index in [0.717, 1.165) is 17.3 Å². The zero-order valence-corrected chi connectivity index (χ0v) is 21.0. The molecule has 0 bridgehead atoms. The van der Waals surface area contributed by atoms with E-state index in [1.807, 2.05) is 20.8 Å². The van der Waals surface area contributed by atoms with Crippen LogP contribution in [0.4, 0.5) is 0 Å². The summed E-state index contributed by atoms with van der Waals surface area (Å²) in [6, 6.07) is 3.35. The van der Waals surface area contributed by atoms with Gasteiger partial charge in [-0.1, -0.05) is 38.4 Å². The highest BCUT2D eigenvalue weighted by Gasteiger charge is 2.22. The molecule has 12 heteroatoms. The number of nitrogens with zero attached hydrogens (tertiary/aromatic N) is 3. The van der Waals surface area contributed by atoms with Gasteiger partial charge in [-0.15, -0.1) is 5.10 Å². The van der Waals surface area contributed by atoms with Crippen molar-refractivity contribution in [3.8, 4) is 11.4 Å². The van der Waals surface area contributed by atoms with E-state index in [2.05, 4.69) is 10.2 Å². The lowest BCUT2D eigenvalue weighted by Crippen LogP contribution is -2.18. The smallest absolute Gasteiger partial charge is 0.348 e. The van der Waals surface area contributed by atoms with E-state index >= 15 is 0 Å². The van der Waals surface area contributed by atoms with Gasteiger partial charge in [0.25, 0.3) is 5.70 Å². The van der Waals surface area contributed by atoms with Crippen LogP contribution in [-0.2, 0) is 4.79 Å². The van der Waals surface area contributed by atoms with Crippen molar-refractivity contribution in [2.75, 3.05) is 6.61 Å². The standard InChI is InChI=1S/C22H28ClN5O5S/c1-5-6-8-17(28(31)32)14(4)34-22-26-25-21(30)27(22)18-12-16(23)19(11-15(18)13(2)3)33-10-7-9-20(24)29/h6,8,11-13H,5,7,9-10H2,1-4H3,(H2,24,29)(H,25,30)/b8-6-,17-14-. The topological polar surface area (TPSA) is 146 Å². The first-order chi connectivity index (χ1) is 16.1. The summed E-state index contributed by atoms with van der Waals surface area (Å²) in [4.78, 5) is 35.0. The minimum absolute atomic E-state index is 0.0154. The molecule has 0 aliphatic rings. The van der Waals surface area contributed by atoms with E-state index in [9.17, 15) is 19.7 Å². The number of rotatable bonds is 12. The van der Waals surface area contributed by atoms with Gasteiger partial charge in [0, 0.05) is 12.5 Å². The normalized spacial score (nSPS) is 12.3. The lowest BCUT2D eigenvalue weighted by molar-refractivity contribution is -0.419. The average Bonchev–Trinajstić information content (AvgIpc) is 3.11. The number of hydrogen-bond acceptors (Lipinski definition) is 7. The van der Waals surface area contributed by atoms with Gasteiger partial charge in [0.2, 0.25) is 11.1 Å². The van der Waals surface area contributed by atoms with Crippen LogP contribution in [0.3, 0.4) is 0 Å². The van der Waals surface area contributed by atoms with Crippen LogP contribution in [0.5, 0.6) is 5.75 Å². The molecule has 0 saturated heterocycles. The molecule has 2 rings (SSSR count). The van der Waals surface area contributed by atoms with E-state index in [4.69, 9.17) is 22.1 Å². The molecule has 184 valence electrons. The first-order valence-corrected chi connectivity index (χ1v) is 11.9. The third kappa shape index (κ3) is 6.97. The van der Waals surface area contributed by atoms with Gasteiger partial charge in [0.05, 0.1) is 27.1 Å². The van der Waals surface area contributed by atoms with Gasteiger partial charge in [-0.25, -0.2) is 14.5 Å². The molecule has 1 amide bonds. The van der Waals surface area contributed by atoms with Crippen molar-refractivity contribution in [1.29, 1.82) is 0 Å². The minimum Gasteiger partial charge on any atom is -0.492 e. The second-order valence-electron chi connectivity index (χ2n) is 7.67. The summed E-state index contributed by atoms with van der Waals surface area (Å²) in [6.45, 7) is 7.64. The number of amides is 1. The van der Waals surface area contributed by atoms with Crippen LogP contribution < -0.4 is 16.2 Å². The number of carbonyl (C=O) groups is 1. The molecule has 1 heterocycles. The molecule has 34 heavy (non-hydrogen) atoms. The van der Waals surface area contributed by atoms with Crippen molar-refractivity contribution in [3.63, 3.8) is 0 Å². The molecule has 0 saturated carbocycles. The van der Waals surface area contributed by atoms with Crippen molar-refractivity contribution in [2.24, 2.45) is 5.73 Å². The highest BCUT2D eigenvalue weighted by atomic mass is 35.5. The molecule has 1 aromatic heterocycles. The summed E-state index contributed by atoms with van der Waals surface area (Å²) in [5.74, 6) is -0.00820. The van der Waals surface area contributed by atoms with Crippen molar-refractivity contribution in [3.05, 3.63) is 66.1 Å². The fourth-order valence-electron chi connectivity index (χ4n) is 3.04. The maximum absolute atomic E-state index is 12.7. The highest BCUT2D eigenvalue weighted by Crippen LogP contribution is 2.36. The van der Waals surface area contributed by atoms with Crippen LogP contribution in [0.25, 0.3) is 5.69 Å². The molecule has 0 spiro atoms. The number of hydrogen-bond donors (Lipinski definition) is 2. The van der Waals surface area contributed by atoms with Crippen LogP contribution in [0, 0.1) is 10.1 Å². The fourth-order valence-corrected chi connectivity index (χ4v) is 4.14. The Kier molecular flexibility index (Phi) is 9.94. The van der Waals surface area contributed by atoms with Crippen molar-refractivity contribution in [1.82, 2.24) is 14.8 Å². The van der Waals surface area contributed by atoms with E-state index in [1.165, 1.54) is 10.6 Å². The second kappa shape index (κ2) is 12.4. The zero-order valence-electron chi connectivity index (χ0n) is 19.5. The van der Waals surface area contributed by atoms with Crippen LogP contribution in [0.2, 0.25) is 5.02 Å². The van der Waals surface area contributed by atoms with Gasteiger partial charge in [0.1, 0.15) is 5.75 Å². The third-order valence-corrected chi connectivity index (χ3v) is 5.99. The molecule has 0 unspecified atom stereocenters. The molecule has 0 radical (unpaired) electrons. The fraction of sp³-hybridized carbons (Fsp3) is 0.409. The maximum atomic E-state index is 12.7. The SMILES string of the molecule is CC/C=C\C(=C(/C)Sc1n[nH]c(=O)n1-c1cc(Cl)c(OCCCC(N)=O)cc1C(C)C)[N+](=O)[O-]. The zero-order chi connectivity index (χ0) is 25.4. The van der Waals surface area contributed by atoms with Crippen LogP contribution in [0.1, 0.15) is 58.4 Å². The Morgan fingerprint density at radius 3 is 2.74 bits per heavy atom. The van der Waals surface area contributed by atoms with E-state index in [-0.39, 0.29) is 34.8 Å². The number of aromatic amines is 1. The average molecular weight is 510 g/mol. The van der Waals surface area contributed by atoms with Crippen LogP contribution >= 0.6 is 23.4 Å². The Bertz CT molecular complexity index is 1170.